The third-order valence-electron chi connectivity index (χ3n) is 4.32. The minimum atomic E-state index is -3.78. The van der Waals surface area contributed by atoms with Gasteiger partial charge in [0.15, 0.2) is 0 Å². The number of aryl methyl sites for hydroxylation is 1. The van der Waals surface area contributed by atoms with E-state index in [0.29, 0.717) is 13.0 Å². The van der Waals surface area contributed by atoms with Crippen LogP contribution < -0.4 is 16.8 Å². The number of nitrogens with zero attached hydrogens (tertiary/aromatic N) is 2. The van der Waals surface area contributed by atoms with E-state index in [2.05, 4.69) is 5.32 Å². The Morgan fingerprint density at radius 2 is 2.08 bits per heavy atom. The molecule has 1 atom stereocenters. The summed E-state index contributed by atoms with van der Waals surface area (Å²) in [5.74, 6) is -0.880. The van der Waals surface area contributed by atoms with Gasteiger partial charge in [-0.2, -0.15) is 4.31 Å². The first-order valence-corrected chi connectivity index (χ1v) is 9.66. The number of nitrogens with one attached hydrogen (secondary N) is 1. The van der Waals surface area contributed by atoms with E-state index in [0.717, 1.165) is 12.8 Å². The summed E-state index contributed by atoms with van der Waals surface area (Å²) in [6.07, 6.45) is 3.90. The van der Waals surface area contributed by atoms with Gasteiger partial charge in [-0.3, -0.25) is 9.59 Å². The fourth-order valence-corrected chi connectivity index (χ4v) is 4.77. The van der Waals surface area contributed by atoms with E-state index in [4.69, 9.17) is 11.5 Å². The van der Waals surface area contributed by atoms with Crippen LogP contribution in [0.4, 0.5) is 0 Å². The second-order valence-electron chi connectivity index (χ2n) is 6.14. The predicted octanol–water partition coefficient (Wildman–Crippen LogP) is -0.868. The molecule has 0 aliphatic carbocycles. The highest BCUT2D eigenvalue weighted by molar-refractivity contribution is 7.89. The molecule has 1 aliphatic rings. The van der Waals surface area contributed by atoms with Crippen molar-refractivity contribution in [1.29, 1.82) is 0 Å². The Bertz CT molecular complexity index is 743. The standard InChI is InChI=1S/C15H25N5O4S/c1-19-10-12(8-13(19)15(17)22)25(23,24)20-7-3-2-4-11(20)9-18-14(21)5-6-16/h8,10-11H,2-7,9,16H2,1H3,(H2,17,22)(H,18,21). The monoisotopic (exact) mass is 371 g/mol. The SMILES string of the molecule is Cn1cc(S(=O)(=O)N2CCCCC2CNC(=O)CCN)cc1C(N)=O. The molecule has 2 heterocycles. The number of amides is 2. The van der Waals surface area contributed by atoms with E-state index >= 15 is 0 Å². The summed E-state index contributed by atoms with van der Waals surface area (Å²) in [5.41, 5.74) is 10.7. The minimum absolute atomic E-state index is 0.0315. The number of rotatable bonds is 7. The topological polar surface area (TPSA) is 141 Å². The summed E-state index contributed by atoms with van der Waals surface area (Å²) in [7, 11) is -2.21. The summed E-state index contributed by atoms with van der Waals surface area (Å²) >= 11 is 0. The summed E-state index contributed by atoms with van der Waals surface area (Å²) in [6, 6.07) is 0.966. The summed E-state index contributed by atoms with van der Waals surface area (Å²) in [4.78, 5) is 23.0. The van der Waals surface area contributed by atoms with Crippen molar-refractivity contribution in [2.75, 3.05) is 19.6 Å². The van der Waals surface area contributed by atoms with Crippen LogP contribution in [0.2, 0.25) is 0 Å². The fourth-order valence-electron chi connectivity index (χ4n) is 3.00. The molecule has 0 aromatic carbocycles. The molecule has 0 saturated carbocycles. The van der Waals surface area contributed by atoms with E-state index < -0.39 is 15.9 Å². The van der Waals surface area contributed by atoms with Gasteiger partial charge in [0.1, 0.15) is 10.6 Å². The lowest BCUT2D eigenvalue weighted by molar-refractivity contribution is -0.121. The molecule has 25 heavy (non-hydrogen) atoms. The number of primary amides is 1. The number of nitrogens with two attached hydrogens (primary N) is 2. The number of carbonyl (C=O) groups is 2. The zero-order valence-electron chi connectivity index (χ0n) is 14.3. The molecular weight excluding hydrogens is 346 g/mol. The Morgan fingerprint density at radius 3 is 2.68 bits per heavy atom. The van der Waals surface area contributed by atoms with Crippen molar-refractivity contribution in [2.45, 2.75) is 36.6 Å². The second kappa shape index (κ2) is 7.98. The molecule has 1 unspecified atom stereocenters. The quantitative estimate of drug-likeness (QED) is 0.571. The van der Waals surface area contributed by atoms with Crippen molar-refractivity contribution in [3.8, 4) is 0 Å². The average Bonchev–Trinajstić information content (AvgIpc) is 2.96. The largest absolute Gasteiger partial charge is 0.364 e. The molecule has 0 radical (unpaired) electrons. The molecule has 1 saturated heterocycles. The van der Waals surface area contributed by atoms with E-state index in [9.17, 15) is 18.0 Å². The maximum atomic E-state index is 13.0. The van der Waals surface area contributed by atoms with Crippen molar-refractivity contribution < 1.29 is 18.0 Å². The molecule has 1 fully saturated rings. The van der Waals surface area contributed by atoms with Gasteiger partial charge >= 0.3 is 0 Å². The first-order chi connectivity index (χ1) is 11.8. The van der Waals surface area contributed by atoms with Gasteiger partial charge in [0.05, 0.1) is 0 Å². The molecule has 10 heteroatoms. The minimum Gasteiger partial charge on any atom is -0.364 e. The normalized spacial score (nSPS) is 18.9. The zero-order chi connectivity index (χ0) is 18.6. The van der Waals surface area contributed by atoms with E-state index in [1.807, 2.05) is 0 Å². The lowest BCUT2D eigenvalue weighted by atomic mass is 10.1. The molecule has 5 N–H and O–H groups in total. The molecule has 2 rings (SSSR count). The van der Waals surface area contributed by atoms with Gasteiger partial charge in [-0.1, -0.05) is 6.42 Å². The zero-order valence-corrected chi connectivity index (χ0v) is 15.1. The van der Waals surface area contributed by atoms with Gasteiger partial charge in [0.2, 0.25) is 15.9 Å². The van der Waals surface area contributed by atoms with E-state index in [-0.39, 0.29) is 42.0 Å². The third kappa shape index (κ3) is 4.39. The number of hydrogen-bond acceptors (Lipinski definition) is 5. The molecule has 2 amide bonds. The van der Waals surface area contributed by atoms with Crippen LogP contribution >= 0.6 is 0 Å². The number of aromatic nitrogens is 1. The number of hydrogen-bond donors (Lipinski definition) is 3. The van der Waals surface area contributed by atoms with Crippen molar-refractivity contribution >= 4 is 21.8 Å². The Hall–Kier alpha value is -1.91. The van der Waals surface area contributed by atoms with Crippen LogP contribution in [-0.2, 0) is 21.9 Å². The number of piperidine rings is 1. The lowest BCUT2D eigenvalue weighted by Gasteiger charge is -2.34. The number of sulfonamides is 1. The highest BCUT2D eigenvalue weighted by atomic mass is 32.2. The van der Waals surface area contributed by atoms with Crippen LogP contribution in [0.15, 0.2) is 17.2 Å². The third-order valence-corrected chi connectivity index (χ3v) is 6.24. The van der Waals surface area contributed by atoms with E-state index in [1.165, 1.54) is 21.1 Å². The van der Waals surface area contributed by atoms with Crippen molar-refractivity contribution in [3.05, 3.63) is 18.0 Å². The smallest absolute Gasteiger partial charge is 0.265 e. The second-order valence-corrected chi connectivity index (χ2v) is 8.03. The number of carbonyl (C=O) groups excluding carboxylic acids is 2. The van der Waals surface area contributed by atoms with Gasteiger partial charge in [-0.15, -0.1) is 0 Å². The van der Waals surface area contributed by atoms with Crippen molar-refractivity contribution in [1.82, 2.24) is 14.2 Å². The molecule has 1 aliphatic heterocycles. The maximum absolute atomic E-state index is 13.0. The van der Waals surface area contributed by atoms with Gasteiger partial charge < -0.3 is 21.4 Å². The highest BCUT2D eigenvalue weighted by Crippen LogP contribution is 2.26. The highest BCUT2D eigenvalue weighted by Gasteiger charge is 2.34. The first-order valence-electron chi connectivity index (χ1n) is 8.22. The van der Waals surface area contributed by atoms with Gasteiger partial charge in [-0.25, -0.2) is 8.42 Å². The lowest BCUT2D eigenvalue weighted by Crippen LogP contribution is -2.49. The Kier molecular flexibility index (Phi) is 6.20. The molecule has 9 nitrogen and oxygen atoms in total. The Morgan fingerprint density at radius 1 is 1.36 bits per heavy atom. The van der Waals surface area contributed by atoms with Crippen LogP contribution in [0.25, 0.3) is 0 Å². The van der Waals surface area contributed by atoms with Crippen molar-refractivity contribution in [3.63, 3.8) is 0 Å². The predicted molar refractivity (Wildman–Crippen MR) is 92.1 cm³/mol. The van der Waals surface area contributed by atoms with Crippen LogP contribution in [0.5, 0.6) is 0 Å². The summed E-state index contributed by atoms with van der Waals surface area (Å²) in [6.45, 7) is 0.868. The molecule has 140 valence electrons. The average molecular weight is 371 g/mol. The molecule has 0 spiro atoms. The first kappa shape index (κ1) is 19.4. The van der Waals surface area contributed by atoms with Crippen LogP contribution in [0.3, 0.4) is 0 Å². The molecule has 1 aromatic heterocycles. The van der Waals surface area contributed by atoms with Crippen molar-refractivity contribution in [2.24, 2.45) is 18.5 Å². The van der Waals surface area contributed by atoms with Crippen LogP contribution in [0, 0.1) is 0 Å². The van der Waals surface area contributed by atoms with Gasteiger partial charge in [-0.05, 0) is 18.9 Å². The molecule has 0 bridgehead atoms. The van der Waals surface area contributed by atoms with Gasteiger partial charge in [0.25, 0.3) is 5.91 Å². The Labute approximate surface area is 147 Å². The van der Waals surface area contributed by atoms with Crippen LogP contribution in [0.1, 0.15) is 36.2 Å². The van der Waals surface area contributed by atoms with Gasteiger partial charge in [0, 0.05) is 45.3 Å². The summed E-state index contributed by atoms with van der Waals surface area (Å²) < 4.78 is 28.8. The molecule has 1 aromatic rings. The molecular formula is C15H25N5O4S. The summed E-state index contributed by atoms with van der Waals surface area (Å²) in [5, 5.41) is 2.74. The maximum Gasteiger partial charge on any atom is 0.265 e. The fraction of sp³-hybridized carbons (Fsp3) is 0.600. The van der Waals surface area contributed by atoms with Crippen LogP contribution in [-0.4, -0.2) is 54.8 Å². The Balaban J connectivity index is 2.21. The van der Waals surface area contributed by atoms with E-state index in [1.54, 1.807) is 7.05 Å².